The van der Waals surface area contributed by atoms with Crippen LogP contribution in [0.15, 0.2) is 94.9 Å². The van der Waals surface area contributed by atoms with Crippen LogP contribution in [0.25, 0.3) is 21.8 Å². The zero-order valence-corrected chi connectivity index (χ0v) is 28.5. The molecule has 0 atom stereocenters. The van der Waals surface area contributed by atoms with Gasteiger partial charge >= 0.3 is 0 Å². The molecule has 0 saturated carbocycles. The Labute approximate surface area is 277 Å². The van der Waals surface area contributed by atoms with E-state index in [1.807, 2.05) is 12.4 Å². The van der Waals surface area contributed by atoms with Gasteiger partial charge in [-0.15, -0.1) is 0 Å². The summed E-state index contributed by atoms with van der Waals surface area (Å²) < 4.78 is 2.28. The Morgan fingerprint density at radius 3 is 1.28 bits per heavy atom. The van der Waals surface area contributed by atoms with Gasteiger partial charge in [0.1, 0.15) is 0 Å². The highest BCUT2D eigenvalue weighted by atomic mass is 14.9. The number of aromatic nitrogens is 1. The topological polar surface area (TPSA) is 29.6 Å². The third-order valence-corrected chi connectivity index (χ3v) is 9.29. The van der Waals surface area contributed by atoms with Crippen molar-refractivity contribution >= 4 is 45.6 Å². The van der Waals surface area contributed by atoms with Crippen molar-refractivity contribution in [1.29, 1.82) is 0 Å². The molecule has 46 heavy (non-hydrogen) atoms. The molecule has 0 amide bonds. The van der Waals surface area contributed by atoms with Crippen molar-refractivity contribution in [1.82, 2.24) is 4.57 Å². The Balaban J connectivity index is 1.21. The van der Waals surface area contributed by atoms with Crippen molar-refractivity contribution in [3.63, 3.8) is 0 Å². The van der Waals surface area contributed by atoms with Gasteiger partial charge in [-0.25, -0.2) is 0 Å². The summed E-state index contributed by atoms with van der Waals surface area (Å²) in [5, 5.41) is 2.48. The van der Waals surface area contributed by atoms with E-state index in [0.29, 0.717) is 0 Å². The Morgan fingerprint density at radius 1 is 0.478 bits per heavy atom. The van der Waals surface area contributed by atoms with Crippen LogP contribution in [0.5, 0.6) is 0 Å². The second kappa shape index (κ2) is 17.6. The molecule has 240 valence electrons. The first-order valence-electron chi connectivity index (χ1n) is 17.9. The van der Waals surface area contributed by atoms with E-state index in [9.17, 15) is 0 Å². The van der Waals surface area contributed by atoms with Crippen LogP contribution < -0.4 is 0 Å². The van der Waals surface area contributed by atoms with E-state index < -0.39 is 0 Å². The van der Waals surface area contributed by atoms with Crippen molar-refractivity contribution in [3.05, 3.63) is 107 Å². The SMILES string of the molecule is CCCCCCCCc1ccc(N=Cc2ccc3c(c2)c2cc(C=Nc4ccc(CCCCCCCC)cc4)ccc2n3C)cc1. The lowest BCUT2D eigenvalue weighted by Crippen LogP contribution is -1.88. The lowest BCUT2D eigenvalue weighted by molar-refractivity contribution is 0.607. The molecule has 0 aliphatic rings. The predicted molar refractivity (Wildman–Crippen MR) is 202 cm³/mol. The fraction of sp³-hybridized carbons (Fsp3) is 0.395. The van der Waals surface area contributed by atoms with Crippen LogP contribution in [0, 0.1) is 0 Å². The van der Waals surface area contributed by atoms with E-state index in [4.69, 9.17) is 9.98 Å². The average molecular weight is 612 g/mol. The quantitative estimate of drug-likeness (QED) is 0.0697. The first kappa shape index (κ1) is 33.4. The third kappa shape index (κ3) is 9.52. The minimum absolute atomic E-state index is 0.999. The highest BCUT2D eigenvalue weighted by Crippen LogP contribution is 2.30. The van der Waals surface area contributed by atoms with E-state index in [0.717, 1.165) is 35.3 Å². The number of fused-ring (bicyclic) bond motifs is 3. The minimum Gasteiger partial charge on any atom is -0.344 e. The maximum Gasteiger partial charge on any atom is 0.0630 e. The summed E-state index contributed by atoms with van der Waals surface area (Å²) >= 11 is 0. The number of nitrogens with zero attached hydrogens (tertiary/aromatic N) is 3. The summed E-state index contributed by atoms with van der Waals surface area (Å²) in [7, 11) is 2.14. The van der Waals surface area contributed by atoms with Gasteiger partial charge in [-0.2, -0.15) is 0 Å². The zero-order chi connectivity index (χ0) is 32.0. The summed E-state index contributed by atoms with van der Waals surface area (Å²) in [5.41, 5.74) is 9.48. The maximum absolute atomic E-state index is 4.81. The molecule has 3 heteroatoms. The van der Waals surface area contributed by atoms with Crippen LogP contribution in [0.1, 0.15) is 113 Å². The fourth-order valence-corrected chi connectivity index (χ4v) is 6.43. The summed E-state index contributed by atoms with van der Waals surface area (Å²) in [4.78, 5) is 9.61. The van der Waals surface area contributed by atoms with Crippen LogP contribution in [0.4, 0.5) is 11.4 Å². The van der Waals surface area contributed by atoms with Gasteiger partial charge in [0.15, 0.2) is 0 Å². The summed E-state index contributed by atoms with van der Waals surface area (Å²) in [6, 6.07) is 30.8. The number of aliphatic imine (C=N–C) groups is 2. The molecule has 1 heterocycles. The Bertz CT molecular complexity index is 1580. The van der Waals surface area contributed by atoms with Gasteiger partial charge in [0, 0.05) is 41.3 Å². The van der Waals surface area contributed by atoms with Crippen LogP contribution >= 0.6 is 0 Å². The molecule has 4 aromatic carbocycles. The Kier molecular flexibility index (Phi) is 12.8. The average Bonchev–Trinajstić information content (AvgIpc) is 3.37. The van der Waals surface area contributed by atoms with Gasteiger partial charge in [0.2, 0.25) is 0 Å². The molecule has 0 bridgehead atoms. The van der Waals surface area contributed by atoms with Crippen LogP contribution in [0.3, 0.4) is 0 Å². The first-order chi connectivity index (χ1) is 22.6. The maximum atomic E-state index is 4.81. The normalized spacial score (nSPS) is 12.0. The molecule has 0 radical (unpaired) electrons. The van der Waals surface area contributed by atoms with E-state index in [-0.39, 0.29) is 0 Å². The molecule has 5 rings (SSSR count). The molecule has 3 nitrogen and oxygen atoms in total. The standard InChI is InChI=1S/C43H53N3/c1-4-6-8-10-12-14-16-34-18-24-38(25-19-34)44-32-36-22-28-42-40(30-36)41-31-37(23-29-43(41)46(42)3)33-45-39-26-20-35(21-27-39)17-15-13-11-9-7-5-2/h18-33H,4-17H2,1-3H3. The van der Waals surface area contributed by atoms with E-state index in [1.165, 1.54) is 110 Å². The van der Waals surface area contributed by atoms with Crippen LogP contribution in [-0.2, 0) is 19.9 Å². The first-order valence-corrected chi connectivity index (χ1v) is 17.9. The molecular formula is C43H53N3. The third-order valence-electron chi connectivity index (χ3n) is 9.29. The monoisotopic (exact) mass is 611 g/mol. The fourth-order valence-electron chi connectivity index (χ4n) is 6.43. The predicted octanol–water partition coefficient (Wildman–Crippen LogP) is 12.6. The minimum atomic E-state index is 0.999. The van der Waals surface area contributed by atoms with Crippen LogP contribution in [-0.4, -0.2) is 17.0 Å². The molecule has 0 N–H and O–H groups in total. The number of aryl methyl sites for hydroxylation is 3. The molecule has 0 unspecified atom stereocenters. The molecule has 0 saturated heterocycles. The lowest BCUT2D eigenvalue weighted by atomic mass is 10.0. The molecule has 0 spiro atoms. The van der Waals surface area contributed by atoms with Gasteiger partial charge in [-0.3, -0.25) is 9.98 Å². The van der Waals surface area contributed by atoms with E-state index >= 15 is 0 Å². The number of hydrogen-bond acceptors (Lipinski definition) is 2. The number of unbranched alkanes of at least 4 members (excludes halogenated alkanes) is 10. The van der Waals surface area contributed by atoms with Crippen molar-refractivity contribution < 1.29 is 0 Å². The Morgan fingerprint density at radius 2 is 0.870 bits per heavy atom. The van der Waals surface area contributed by atoms with E-state index in [2.05, 4.69) is 110 Å². The van der Waals surface area contributed by atoms with Gasteiger partial charge in [0.05, 0.1) is 11.4 Å². The van der Waals surface area contributed by atoms with Crippen molar-refractivity contribution in [2.45, 2.75) is 104 Å². The number of benzene rings is 4. The second-order valence-electron chi connectivity index (χ2n) is 13.0. The molecule has 0 aliphatic heterocycles. The van der Waals surface area contributed by atoms with Crippen molar-refractivity contribution in [2.75, 3.05) is 0 Å². The summed E-state index contributed by atoms with van der Waals surface area (Å²) in [6.45, 7) is 4.55. The van der Waals surface area contributed by atoms with Crippen LogP contribution in [0.2, 0.25) is 0 Å². The molecule has 5 aromatic rings. The largest absolute Gasteiger partial charge is 0.344 e. The lowest BCUT2D eigenvalue weighted by Gasteiger charge is -2.03. The zero-order valence-electron chi connectivity index (χ0n) is 28.5. The van der Waals surface area contributed by atoms with Gasteiger partial charge < -0.3 is 4.57 Å². The smallest absolute Gasteiger partial charge is 0.0630 e. The molecule has 0 aliphatic carbocycles. The molecule has 1 aromatic heterocycles. The summed E-state index contributed by atoms with van der Waals surface area (Å²) in [5.74, 6) is 0. The molecular weight excluding hydrogens is 558 g/mol. The highest BCUT2D eigenvalue weighted by Gasteiger charge is 2.09. The van der Waals surface area contributed by atoms with Crippen molar-refractivity contribution in [2.24, 2.45) is 17.0 Å². The van der Waals surface area contributed by atoms with Gasteiger partial charge in [-0.05, 0) is 96.5 Å². The van der Waals surface area contributed by atoms with Crippen molar-refractivity contribution in [3.8, 4) is 0 Å². The molecule has 0 fully saturated rings. The Hall–Kier alpha value is -3.98. The highest BCUT2D eigenvalue weighted by molar-refractivity contribution is 6.10. The van der Waals surface area contributed by atoms with E-state index in [1.54, 1.807) is 0 Å². The van der Waals surface area contributed by atoms with Gasteiger partial charge in [-0.1, -0.05) is 114 Å². The number of rotatable bonds is 18. The second-order valence-corrected chi connectivity index (χ2v) is 13.0. The summed E-state index contributed by atoms with van der Waals surface area (Å²) in [6.07, 6.45) is 22.3. The number of hydrogen-bond donors (Lipinski definition) is 0. The van der Waals surface area contributed by atoms with Gasteiger partial charge in [0.25, 0.3) is 0 Å².